The van der Waals surface area contributed by atoms with E-state index in [2.05, 4.69) is 15.1 Å². The largest absolute Gasteiger partial charge is 0.370 e. The van der Waals surface area contributed by atoms with Gasteiger partial charge in [0.2, 0.25) is 0 Å². The van der Waals surface area contributed by atoms with Crippen molar-refractivity contribution in [1.29, 1.82) is 0 Å². The molecule has 0 saturated heterocycles. The molecule has 0 aliphatic rings. The number of carbonyl (C=O) groups is 1. The number of carbonyl (C=O) groups excluding carboxylic acids is 1. The fourth-order valence-corrected chi connectivity index (χ4v) is 2.57. The highest BCUT2D eigenvalue weighted by Gasteiger charge is 2.17. The SMILES string of the molecule is CCc1c(C(=O)N=C(N)N)cnn1-c1ccc2ncn(Cl)c2c1. The van der Waals surface area contributed by atoms with Crippen molar-refractivity contribution < 1.29 is 4.79 Å². The minimum absolute atomic E-state index is 0.280. The van der Waals surface area contributed by atoms with Gasteiger partial charge in [-0.05, 0) is 24.6 Å². The molecule has 4 N–H and O–H groups in total. The summed E-state index contributed by atoms with van der Waals surface area (Å²) in [6.07, 6.45) is 3.56. The maximum atomic E-state index is 12.1. The monoisotopic (exact) mass is 331 g/mol. The molecule has 1 amide bonds. The van der Waals surface area contributed by atoms with Crippen LogP contribution in [0.25, 0.3) is 16.7 Å². The molecule has 2 heterocycles. The van der Waals surface area contributed by atoms with Crippen LogP contribution >= 0.6 is 11.8 Å². The van der Waals surface area contributed by atoms with E-state index < -0.39 is 5.91 Å². The quantitative estimate of drug-likeness (QED) is 0.552. The van der Waals surface area contributed by atoms with Crippen LogP contribution in [0, 0.1) is 0 Å². The minimum atomic E-state index is -0.517. The van der Waals surface area contributed by atoms with E-state index in [0.717, 1.165) is 16.7 Å². The summed E-state index contributed by atoms with van der Waals surface area (Å²) in [5.41, 5.74) is 13.9. The van der Waals surface area contributed by atoms with Gasteiger partial charge in [0.1, 0.15) is 6.33 Å². The van der Waals surface area contributed by atoms with Gasteiger partial charge in [-0.15, -0.1) is 0 Å². The van der Waals surface area contributed by atoms with E-state index >= 15 is 0 Å². The molecule has 0 radical (unpaired) electrons. The van der Waals surface area contributed by atoms with Gasteiger partial charge in [-0.3, -0.25) is 4.79 Å². The van der Waals surface area contributed by atoms with Gasteiger partial charge in [-0.2, -0.15) is 10.1 Å². The standard InChI is InChI=1S/C14H14ClN7O/c1-2-11-9(13(23)20-14(16)17)6-19-22(11)8-3-4-10-12(5-8)21(15)7-18-10/h3-7H,2H2,1H3,(H4,16,17,20,23). The Morgan fingerprint density at radius 2 is 2.17 bits per heavy atom. The van der Waals surface area contributed by atoms with Crippen molar-refractivity contribution in [1.82, 2.24) is 18.9 Å². The number of hydrogen-bond donors (Lipinski definition) is 2. The lowest BCUT2D eigenvalue weighted by Crippen LogP contribution is -2.24. The highest BCUT2D eigenvalue weighted by molar-refractivity contribution is 6.18. The second kappa shape index (κ2) is 5.73. The van der Waals surface area contributed by atoms with E-state index in [1.54, 1.807) is 4.68 Å². The van der Waals surface area contributed by atoms with Crippen molar-refractivity contribution in [2.75, 3.05) is 0 Å². The Morgan fingerprint density at radius 1 is 1.39 bits per heavy atom. The lowest BCUT2D eigenvalue weighted by molar-refractivity contribution is 0.100. The maximum absolute atomic E-state index is 12.1. The smallest absolute Gasteiger partial charge is 0.283 e. The van der Waals surface area contributed by atoms with Crippen molar-refractivity contribution >= 4 is 34.7 Å². The molecular weight excluding hydrogens is 318 g/mol. The first kappa shape index (κ1) is 15.0. The summed E-state index contributed by atoms with van der Waals surface area (Å²) in [5, 5.41) is 4.28. The molecule has 23 heavy (non-hydrogen) atoms. The summed E-state index contributed by atoms with van der Waals surface area (Å²) >= 11 is 6.04. The number of aliphatic imine (C=N–C) groups is 1. The summed E-state index contributed by atoms with van der Waals surface area (Å²) in [7, 11) is 0. The third-order valence-corrected chi connectivity index (χ3v) is 3.67. The Kier molecular flexibility index (Phi) is 3.75. The van der Waals surface area contributed by atoms with E-state index in [9.17, 15) is 4.79 Å². The molecule has 0 spiro atoms. The lowest BCUT2D eigenvalue weighted by atomic mass is 10.2. The minimum Gasteiger partial charge on any atom is -0.370 e. The van der Waals surface area contributed by atoms with Crippen LogP contribution in [0.4, 0.5) is 0 Å². The lowest BCUT2D eigenvalue weighted by Gasteiger charge is -2.07. The van der Waals surface area contributed by atoms with Crippen LogP contribution in [-0.2, 0) is 6.42 Å². The molecule has 0 aliphatic carbocycles. The van der Waals surface area contributed by atoms with Crippen LogP contribution < -0.4 is 11.5 Å². The van der Waals surface area contributed by atoms with Crippen LogP contribution in [0.2, 0.25) is 0 Å². The van der Waals surface area contributed by atoms with Crippen LogP contribution in [-0.4, -0.2) is 30.7 Å². The summed E-state index contributed by atoms with van der Waals surface area (Å²) in [6.45, 7) is 1.92. The summed E-state index contributed by atoms with van der Waals surface area (Å²) in [5.74, 6) is -0.797. The molecule has 0 unspecified atom stereocenters. The average Bonchev–Trinajstić information content (AvgIpc) is 3.10. The van der Waals surface area contributed by atoms with Crippen molar-refractivity contribution in [2.24, 2.45) is 16.5 Å². The Hall–Kier alpha value is -2.87. The van der Waals surface area contributed by atoms with Crippen molar-refractivity contribution in [3.63, 3.8) is 0 Å². The molecule has 2 aromatic heterocycles. The fourth-order valence-electron chi connectivity index (χ4n) is 2.39. The zero-order valence-electron chi connectivity index (χ0n) is 12.3. The number of aromatic nitrogens is 4. The molecule has 0 atom stereocenters. The Morgan fingerprint density at radius 3 is 2.87 bits per heavy atom. The fraction of sp³-hybridized carbons (Fsp3) is 0.143. The van der Waals surface area contributed by atoms with Crippen LogP contribution in [0.15, 0.2) is 35.7 Å². The van der Waals surface area contributed by atoms with Crippen molar-refractivity contribution in [3.05, 3.63) is 42.0 Å². The van der Waals surface area contributed by atoms with Gasteiger partial charge in [0, 0.05) is 11.8 Å². The van der Waals surface area contributed by atoms with Crippen molar-refractivity contribution in [2.45, 2.75) is 13.3 Å². The predicted molar refractivity (Wildman–Crippen MR) is 87.6 cm³/mol. The van der Waals surface area contributed by atoms with E-state index in [1.807, 2.05) is 25.1 Å². The summed E-state index contributed by atoms with van der Waals surface area (Å²) < 4.78 is 3.07. The van der Waals surface area contributed by atoms with Gasteiger partial charge in [-0.25, -0.2) is 13.8 Å². The number of amides is 1. The van der Waals surface area contributed by atoms with Crippen LogP contribution in [0.5, 0.6) is 0 Å². The van der Waals surface area contributed by atoms with Gasteiger partial charge in [0.15, 0.2) is 5.96 Å². The average molecular weight is 332 g/mol. The van der Waals surface area contributed by atoms with E-state index in [1.165, 1.54) is 16.6 Å². The normalized spacial score (nSPS) is 10.9. The molecular formula is C14H14ClN7O. The highest BCUT2D eigenvalue weighted by Crippen LogP contribution is 2.21. The molecule has 0 aliphatic heterocycles. The second-order valence-electron chi connectivity index (χ2n) is 4.84. The van der Waals surface area contributed by atoms with Gasteiger partial charge < -0.3 is 11.5 Å². The zero-order valence-corrected chi connectivity index (χ0v) is 13.0. The van der Waals surface area contributed by atoms with Gasteiger partial charge in [-0.1, -0.05) is 6.92 Å². The summed E-state index contributed by atoms with van der Waals surface area (Å²) in [6, 6.07) is 5.53. The first-order valence-corrected chi connectivity index (χ1v) is 7.19. The van der Waals surface area contributed by atoms with Crippen LogP contribution in [0.3, 0.4) is 0 Å². The molecule has 9 heteroatoms. The third kappa shape index (κ3) is 2.64. The summed E-state index contributed by atoms with van der Waals surface area (Å²) in [4.78, 5) is 19.8. The van der Waals surface area contributed by atoms with Gasteiger partial charge >= 0.3 is 0 Å². The topological polar surface area (TPSA) is 117 Å². The van der Waals surface area contributed by atoms with Gasteiger partial charge in [0.05, 0.1) is 34.2 Å². The Labute approximate surface area is 136 Å². The number of hydrogen-bond acceptors (Lipinski definition) is 3. The predicted octanol–water partition coefficient (Wildman–Crippen LogP) is 1.20. The van der Waals surface area contributed by atoms with Gasteiger partial charge in [0.25, 0.3) is 5.91 Å². The van der Waals surface area contributed by atoms with E-state index in [0.29, 0.717) is 17.7 Å². The number of nitrogens with zero attached hydrogens (tertiary/aromatic N) is 5. The first-order chi connectivity index (χ1) is 11.0. The maximum Gasteiger partial charge on any atom is 0.283 e. The van der Waals surface area contributed by atoms with Crippen molar-refractivity contribution in [3.8, 4) is 5.69 Å². The van der Waals surface area contributed by atoms with Crippen LogP contribution in [0.1, 0.15) is 23.0 Å². The number of nitrogens with two attached hydrogens (primary N) is 2. The number of fused-ring (bicyclic) bond motifs is 1. The zero-order chi connectivity index (χ0) is 16.6. The molecule has 0 saturated carbocycles. The van der Waals surface area contributed by atoms with E-state index in [4.69, 9.17) is 23.2 Å². The third-order valence-electron chi connectivity index (χ3n) is 3.40. The first-order valence-electron chi connectivity index (χ1n) is 6.85. The number of benzene rings is 1. The number of halogens is 1. The molecule has 118 valence electrons. The molecule has 1 aromatic carbocycles. The molecule has 0 fully saturated rings. The molecule has 3 rings (SSSR count). The Bertz CT molecular complexity index is 920. The van der Waals surface area contributed by atoms with E-state index in [-0.39, 0.29) is 5.96 Å². The number of guanidine groups is 1. The highest BCUT2D eigenvalue weighted by atomic mass is 35.5. The Balaban J connectivity index is 2.11. The molecule has 0 bridgehead atoms. The number of imidazole rings is 1. The number of rotatable bonds is 3. The second-order valence-corrected chi connectivity index (χ2v) is 5.21. The molecule has 8 nitrogen and oxygen atoms in total. The molecule has 3 aromatic rings.